The molecule has 20 heavy (non-hydrogen) atoms. The van der Waals surface area contributed by atoms with Crippen LogP contribution >= 0.6 is 0 Å². The van der Waals surface area contributed by atoms with Crippen LogP contribution in [0.1, 0.15) is 31.7 Å². The molecule has 0 heterocycles. The van der Waals surface area contributed by atoms with E-state index in [0.717, 1.165) is 6.42 Å². The average Bonchev–Trinajstić information content (AvgIpc) is 2.45. The first kappa shape index (κ1) is 16.0. The van der Waals surface area contributed by atoms with Crippen LogP contribution in [-0.2, 0) is 4.79 Å². The summed E-state index contributed by atoms with van der Waals surface area (Å²) in [6.07, 6.45) is 0.988. The monoisotopic (exact) mass is 278 g/mol. The maximum Gasteiger partial charge on any atom is 0.314 e. The minimum Gasteiger partial charge on any atom is -0.481 e. The second-order valence-corrected chi connectivity index (χ2v) is 4.91. The Labute approximate surface area is 119 Å². The Kier molecular flexibility index (Phi) is 6.56. The van der Waals surface area contributed by atoms with Gasteiger partial charge in [-0.3, -0.25) is 4.79 Å². The number of carboxylic acid groups (broad SMARTS) is 1. The normalized spacial score (nSPS) is 13.3. The summed E-state index contributed by atoms with van der Waals surface area (Å²) in [5.41, 5.74) is 0.683. The fraction of sp³-hybridized carbons (Fsp3) is 0.467. The molecule has 110 valence electrons. The number of nitrogens with one attached hydrogen (secondary N) is 2. The van der Waals surface area contributed by atoms with Gasteiger partial charge < -0.3 is 15.7 Å². The molecule has 0 aliphatic heterocycles. The number of carboxylic acids is 1. The van der Waals surface area contributed by atoms with Gasteiger partial charge in [-0.15, -0.1) is 0 Å². The molecule has 0 saturated carbocycles. The predicted molar refractivity (Wildman–Crippen MR) is 77.7 cm³/mol. The molecule has 5 heteroatoms. The van der Waals surface area contributed by atoms with E-state index in [9.17, 15) is 14.7 Å². The van der Waals surface area contributed by atoms with E-state index in [2.05, 4.69) is 17.6 Å². The van der Waals surface area contributed by atoms with E-state index in [4.69, 9.17) is 0 Å². The fourth-order valence-electron chi connectivity index (χ4n) is 1.70. The quantitative estimate of drug-likeness (QED) is 0.715. The van der Waals surface area contributed by atoms with Crippen LogP contribution in [-0.4, -0.2) is 30.2 Å². The predicted octanol–water partition coefficient (Wildman–Crippen LogP) is 2.20. The maximum absolute atomic E-state index is 11.6. The molecule has 0 bridgehead atoms. The summed E-state index contributed by atoms with van der Waals surface area (Å²) in [7, 11) is 0. The third kappa shape index (κ3) is 5.30. The largest absolute Gasteiger partial charge is 0.481 e. The molecule has 0 saturated heterocycles. The topological polar surface area (TPSA) is 78.4 Å². The lowest BCUT2D eigenvalue weighted by molar-refractivity contribution is -0.138. The third-order valence-electron chi connectivity index (χ3n) is 3.27. The lowest BCUT2D eigenvalue weighted by atomic mass is 9.99. The molecule has 0 spiro atoms. The Morgan fingerprint density at radius 3 is 2.30 bits per heavy atom. The van der Waals surface area contributed by atoms with E-state index >= 15 is 0 Å². The molecule has 0 fully saturated rings. The molecule has 3 N–H and O–H groups in total. The number of aliphatic carboxylic acids is 1. The van der Waals surface area contributed by atoms with Gasteiger partial charge in [-0.25, -0.2) is 4.79 Å². The van der Waals surface area contributed by atoms with Gasteiger partial charge in [0.25, 0.3) is 0 Å². The molecule has 0 radical (unpaired) electrons. The SMILES string of the molecule is CCC(C)CNC(=O)NCC(C(=O)O)c1ccccc1. The number of benzene rings is 1. The molecule has 5 nitrogen and oxygen atoms in total. The van der Waals surface area contributed by atoms with Crippen molar-refractivity contribution in [1.29, 1.82) is 0 Å². The van der Waals surface area contributed by atoms with Crippen molar-refractivity contribution in [2.75, 3.05) is 13.1 Å². The Bertz CT molecular complexity index is 434. The number of carbonyl (C=O) groups excluding carboxylic acids is 1. The van der Waals surface area contributed by atoms with Gasteiger partial charge in [-0.05, 0) is 11.5 Å². The van der Waals surface area contributed by atoms with Gasteiger partial charge in [0.2, 0.25) is 0 Å². The van der Waals surface area contributed by atoms with E-state index in [1.165, 1.54) is 0 Å². The van der Waals surface area contributed by atoms with Gasteiger partial charge in [-0.2, -0.15) is 0 Å². The summed E-state index contributed by atoms with van der Waals surface area (Å²) in [5, 5.41) is 14.6. The minimum atomic E-state index is -0.946. The van der Waals surface area contributed by atoms with Crippen molar-refractivity contribution < 1.29 is 14.7 Å². The minimum absolute atomic E-state index is 0.0751. The number of carbonyl (C=O) groups is 2. The Morgan fingerprint density at radius 1 is 1.15 bits per heavy atom. The van der Waals surface area contributed by atoms with E-state index < -0.39 is 11.9 Å². The molecule has 2 unspecified atom stereocenters. The van der Waals surface area contributed by atoms with E-state index in [1.54, 1.807) is 24.3 Å². The molecule has 2 atom stereocenters. The van der Waals surface area contributed by atoms with Crippen molar-refractivity contribution in [3.8, 4) is 0 Å². The first-order chi connectivity index (χ1) is 9.54. The highest BCUT2D eigenvalue weighted by Gasteiger charge is 2.20. The highest BCUT2D eigenvalue weighted by Crippen LogP contribution is 2.14. The van der Waals surface area contributed by atoms with E-state index in [-0.39, 0.29) is 12.6 Å². The average molecular weight is 278 g/mol. The summed E-state index contributed by atoms with van der Waals surface area (Å²) in [5.74, 6) is -1.27. The fourth-order valence-corrected chi connectivity index (χ4v) is 1.70. The summed E-state index contributed by atoms with van der Waals surface area (Å²) >= 11 is 0. The van der Waals surface area contributed by atoms with Crippen LogP contribution in [0.2, 0.25) is 0 Å². The zero-order valence-electron chi connectivity index (χ0n) is 11.9. The second kappa shape index (κ2) is 8.19. The number of hydrogen-bond donors (Lipinski definition) is 3. The van der Waals surface area contributed by atoms with Gasteiger partial charge in [0.1, 0.15) is 0 Å². The number of amides is 2. The van der Waals surface area contributed by atoms with Crippen molar-refractivity contribution in [1.82, 2.24) is 10.6 Å². The summed E-state index contributed by atoms with van der Waals surface area (Å²) in [6, 6.07) is 8.57. The van der Waals surface area contributed by atoms with Crippen LogP contribution in [0.25, 0.3) is 0 Å². The molecular formula is C15H22N2O3. The molecule has 0 aliphatic carbocycles. The van der Waals surface area contributed by atoms with Crippen LogP contribution in [0, 0.1) is 5.92 Å². The van der Waals surface area contributed by atoms with E-state index in [1.807, 2.05) is 13.0 Å². The highest BCUT2D eigenvalue weighted by atomic mass is 16.4. The molecule has 1 aromatic carbocycles. The van der Waals surface area contributed by atoms with Gasteiger partial charge in [0, 0.05) is 13.1 Å². The Hall–Kier alpha value is -2.04. The summed E-state index contributed by atoms with van der Waals surface area (Å²) in [4.78, 5) is 22.9. The van der Waals surface area contributed by atoms with Crippen molar-refractivity contribution in [3.63, 3.8) is 0 Å². The maximum atomic E-state index is 11.6. The molecular weight excluding hydrogens is 256 g/mol. The van der Waals surface area contributed by atoms with Crippen LogP contribution in [0.15, 0.2) is 30.3 Å². The van der Waals surface area contributed by atoms with Gasteiger partial charge in [0.15, 0.2) is 0 Å². The zero-order valence-corrected chi connectivity index (χ0v) is 11.9. The van der Waals surface area contributed by atoms with Crippen molar-refractivity contribution in [3.05, 3.63) is 35.9 Å². The zero-order chi connectivity index (χ0) is 15.0. The van der Waals surface area contributed by atoms with Crippen molar-refractivity contribution >= 4 is 12.0 Å². The third-order valence-corrected chi connectivity index (χ3v) is 3.27. The molecule has 1 rings (SSSR count). The smallest absolute Gasteiger partial charge is 0.314 e. The van der Waals surface area contributed by atoms with Gasteiger partial charge >= 0.3 is 12.0 Å². The lowest BCUT2D eigenvalue weighted by Gasteiger charge is -2.15. The van der Waals surface area contributed by atoms with E-state index in [0.29, 0.717) is 18.0 Å². The van der Waals surface area contributed by atoms with Gasteiger partial charge in [-0.1, -0.05) is 50.6 Å². The number of rotatable bonds is 7. The first-order valence-electron chi connectivity index (χ1n) is 6.84. The Morgan fingerprint density at radius 2 is 1.75 bits per heavy atom. The van der Waals surface area contributed by atoms with Crippen LogP contribution in [0.5, 0.6) is 0 Å². The Balaban J connectivity index is 2.48. The molecule has 2 amide bonds. The lowest BCUT2D eigenvalue weighted by Crippen LogP contribution is -2.40. The second-order valence-electron chi connectivity index (χ2n) is 4.91. The van der Waals surface area contributed by atoms with Gasteiger partial charge in [0.05, 0.1) is 5.92 Å². The molecule has 1 aromatic rings. The number of urea groups is 1. The van der Waals surface area contributed by atoms with Crippen LogP contribution in [0.3, 0.4) is 0 Å². The highest BCUT2D eigenvalue weighted by molar-refractivity contribution is 5.79. The first-order valence-corrected chi connectivity index (χ1v) is 6.84. The molecule has 0 aromatic heterocycles. The van der Waals surface area contributed by atoms with Crippen LogP contribution in [0.4, 0.5) is 4.79 Å². The standard InChI is InChI=1S/C15H22N2O3/c1-3-11(2)9-16-15(20)17-10-13(14(18)19)12-7-5-4-6-8-12/h4-8,11,13H,3,9-10H2,1-2H3,(H,18,19)(H2,16,17,20). The van der Waals surface area contributed by atoms with Crippen molar-refractivity contribution in [2.45, 2.75) is 26.2 Å². The summed E-state index contributed by atoms with van der Waals surface area (Å²) in [6.45, 7) is 4.77. The van der Waals surface area contributed by atoms with Crippen LogP contribution < -0.4 is 10.6 Å². The van der Waals surface area contributed by atoms with Crippen molar-refractivity contribution in [2.24, 2.45) is 5.92 Å². The number of hydrogen-bond acceptors (Lipinski definition) is 2. The molecule has 0 aliphatic rings. The summed E-state index contributed by atoms with van der Waals surface area (Å²) < 4.78 is 0.